The summed E-state index contributed by atoms with van der Waals surface area (Å²) in [6.07, 6.45) is 11.7. The number of thioether (sulfide) groups is 1. The topological polar surface area (TPSA) is 12.0 Å². The van der Waals surface area contributed by atoms with Crippen LogP contribution in [0.25, 0.3) is 0 Å². The minimum absolute atomic E-state index is 0.747. The third kappa shape index (κ3) is 4.97. The smallest absolute Gasteiger partial charge is 0.0183 e. The highest BCUT2D eigenvalue weighted by Gasteiger charge is 2.29. The number of nitrogens with one attached hydrogen (secondary N) is 1. The van der Waals surface area contributed by atoms with Crippen LogP contribution in [-0.4, -0.2) is 24.1 Å². The van der Waals surface area contributed by atoms with Crippen molar-refractivity contribution in [2.75, 3.05) is 12.8 Å². The van der Waals surface area contributed by atoms with Crippen LogP contribution in [0.4, 0.5) is 0 Å². The quantitative estimate of drug-likeness (QED) is 0.784. The molecule has 0 radical (unpaired) electrons. The lowest BCUT2D eigenvalue weighted by Crippen LogP contribution is -2.40. The molecule has 2 saturated carbocycles. The van der Waals surface area contributed by atoms with Crippen molar-refractivity contribution in [3.8, 4) is 0 Å². The van der Waals surface area contributed by atoms with Crippen LogP contribution in [0.1, 0.15) is 65.2 Å². The van der Waals surface area contributed by atoms with Crippen molar-refractivity contribution in [1.82, 2.24) is 5.32 Å². The first-order valence-corrected chi connectivity index (χ1v) is 9.52. The van der Waals surface area contributed by atoms with Crippen LogP contribution in [0.15, 0.2) is 0 Å². The summed E-state index contributed by atoms with van der Waals surface area (Å²) in [4.78, 5) is 0. The SMILES string of the molecule is CNC(CSC1CCCCC1)C1CC(C)CC(C)C1. The second-order valence-corrected chi connectivity index (χ2v) is 8.50. The Bertz CT molecular complexity index is 240. The van der Waals surface area contributed by atoms with Gasteiger partial charge in [-0.1, -0.05) is 33.1 Å². The second kappa shape index (κ2) is 7.93. The van der Waals surface area contributed by atoms with Crippen molar-refractivity contribution in [2.45, 2.75) is 76.5 Å². The van der Waals surface area contributed by atoms with Crippen LogP contribution in [0.5, 0.6) is 0 Å². The zero-order valence-electron chi connectivity index (χ0n) is 13.2. The minimum atomic E-state index is 0.747. The Morgan fingerprint density at radius 1 is 1.00 bits per heavy atom. The third-order valence-corrected chi connectivity index (χ3v) is 6.71. The lowest BCUT2D eigenvalue weighted by Gasteiger charge is -2.37. The highest BCUT2D eigenvalue weighted by Crippen LogP contribution is 2.36. The van der Waals surface area contributed by atoms with Gasteiger partial charge < -0.3 is 5.32 Å². The fourth-order valence-corrected chi connectivity index (χ4v) is 5.85. The highest BCUT2D eigenvalue weighted by atomic mass is 32.2. The van der Waals surface area contributed by atoms with Gasteiger partial charge in [-0.2, -0.15) is 11.8 Å². The van der Waals surface area contributed by atoms with Gasteiger partial charge in [-0.25, -0.2) is 0 Å². The summed E-state index contributed by atoms with van der Waals surface area (Å²) in [7, 11) is 2.18. The molecule has 2 fully saturated rings. The predicted molar refractivity (Wildman–Crippen MR) is 87.8 cm³/mol. The van der Waals surface area contributed by atoms with Crippen LogP contribution >= 0.6 is 11.8 Å². The van der Waals surface area contributed by atoms with E-state index in [1.54, 1.807) is 0 Å². The summed E-state index contributed by atoms with van der Waals surface area (Å²) in [5, 5.41) is 4.59. The molecule has 0 aromatic carbocycles. The lowest BCUT2D eigenvalue weighted by molar-refractivity contribution is 0.188. The van der Waals surface area contributed by atoms with Gasteiger partial charge in [0.05, 0.1) is 0 Å². The fraction of sp³-hybridized carbons (Fsp3) is 1.00. The number of rotatable bonds is 5. The molecule has 0 aromatic heterocycles. The van der Waals surface area contributed by atoms with Crippen molar-refractivity contribution >= 4 is 11.8 Å². The maximum atomic E-state index is 3.63. The summed E-state index contributed by atoms with van der Waals surface area (Å²) in [6.45, 7) is 4.90. The first-order valence-electron chi connectivity index (χ1n) is 8.48. The molecule has 2 aliphatic rings. The van der Waals surface area contributed by atoms with Crippen molar-refractivity contribution in [3.63, 3.8) is 0 Å². The molecule has 0 saturated heterocycles. The summed E-state index contributed by atoms with van der Waals surface area (Å²) >= 11 is 2.26. The van der Waals surface area contributed by atoms with Gasteiger partial charge in [0.15, 0.2) is 0 Å². The molecule has 1 nitrogen and oxygen atoms in total. The molecule has 0 heterocycles. The Labute approximate surface area is 124 Å². The molecular formula is C17H33NS. The zero-order valence-corrected chi connectivity index (χ0v) is 14.0. The van der Waals surface area contributed by atoms with Gasteiger partial charge in [0.2, 0.25) is 0 Å². The van der Waals surface area contributed by atoms with Crippen molar-refractivity contribution in [1.29, 1.82) is 0 Å². The fourth-order valence-electron chi connectivity index (χ4n) is 4.26. The van der Waals surface area contributed by atoms with Crippen LogP contribution in [-0.2, 0) is 0 Å². The molecule has 2 heteroatoms. The van der Waals surface area contributed by atoms with E-state index in [0.29, 0.717) is 0 Å². The number of hydrogen-bond donors (Lipinski definition) is 1. The summed E-state index contributed by atoms with van der Waals surface area (Å²) in [5.74, 6) is 4.12. The monoisotopic (exact) mass is 283 g/mol. The van der Waals surface area contributed by atoms with Gasteiger partial charge in [-0.3, -0.25) is 0 Å². The van der Waals surface area contributed by atoms with E-state index in [0.717, 1.165) is 29.0 Å². The Hall–Kier alpha value is 0.310. The number of hydrogen-bond acceptors (Lipinski definition) is 2. The Morgan fingerprint density at radius 3 is 2.21 bits per heavy atom. The molecule has 0 spiro atoms. The van der Waals surface area contributed by atoms with Crippen molar-refractivity contribution < 1.29 is 0 Å². The first kappa shape index (κ1) is 15.7. The van der Waals surface area contributed by atoms with E-state index in [1.807, 2.05) is 0 Å². The minimum Gasteiger partial charge on any atom is -0.316 e. The van der Waals surface area contributed by atoms with Gasteiger partial charge >= 0.3 is 0 Å². The van der Waals surface area contributed by atoms with Crippen LogP contribution in [0.3, 0.4) is 0 Å². The van der Waals surface area contributed by atoms with Crippen LogP contribution in [0, 0.1) is 17.8 Å². The Balaban J connectivity index is 1.78. The van der Waals surface area contributed by atoms with Crippen molar-refractivity contribution in [3.05, 3.63) is 0 Å². The summed E-state index contributed by atoms with van der Waals surface area (Å²) in [5.41, 5.74) is 0. The van der Waals surface area contributed by atoms with Crippen LogP contribution < -0.4 is 5.32 Å². The Kier molecular flexibility index (Phi) is 6.55. The molecule has 2 rings (SSSR count). The van der Waals surface area contributed by atoms with Gasteiger partial charge in [-0.15, -0.1) is 0 Å². The average molecular weight is 284 g/mol. The molecule has 19 heavy (non-hydrogen) atoms. The van der Waals surface area contributed by atoms with Gasteiger partial charge in [0.25, 0.3) is 0 Å². The van der Waals surface area contributed by atoms with Crippen LogP contribution in [0.2, 0.25) is 0 Å². The Morgan fingerprint density at radius 2 is 1.63 bits per heavy atom. The van der Waals surface area contributed by atoms with E-state index in [-0.39, 0.29) is 0 Å². The highest BCUT2D eigenvalue weighted by molar-refractivity contribution is 7.99. The van der Waals surface area contributed by atoms with E-state index in [9.17, 15) is 0 Å². The predicted octanol–water partition coefficient (Wildman–Crippen LogP) is 4.71. The van der Waals surface area contributed by atoms with E-state index in [2.05, 4.69) is 38.0 Å². The van der Waals surface area contributed by atoms with E-state index < -0.39 is 0 Å². The maximum Gasteiger partial charge on any atom is 0.0183 e. The summed E-state index contributed by atoms with van der Waals surface area (Å²) < 4.78 is 0. The molecule has 0 aromatic rings. The van der Waals surface area contributed by atoms with Gasteiger partial charge in [0, 0.05) is 17.0 Å². The van der Waals surface area contributed by atoms with Crippen molar-refractivity contribution in [2.24, 2.45) is 17.8 Å². The molecule has 0 amide bonds. The molecule has 2 aliphatic carbocycles. The van der Waals surface area contributed by atoms with Gasteiger partial charge in [-0.05, 0) is 56.9 Å². The zero-order chi connectivity index (χ0) is 13.7. The average Bonchev–Trinajstić information content (AvgIpc) is 2.39. The molecule has 3 atom stereocenters. The largest absolute Gasteiger partial charge is 0.316 e. The third-order valence-electron chi connectivity index (χ3n) is 5.22. The maximum absolute atomic E-state index is 3.63. The molecule has 0 aliphatic heterocycles. The van der Waals surface area contributed by atoms with E-state index in [1.165, 1.54) is 57.1 Å². The van der Waals surface area contributed by atoms with Gasteiger partial charge in [0.1, 0.15) is 0 Å². The lowest BCUT2D eigenvalue weighted by atomic mass is 9.74. The molecule has 3 unspecified atom stereocenters. The molecular weight excluding hydrogens is 250 g/mol. The normalized spacial score (nSPS) is 35.2. The standard InChI is InChI=1S/C17H33NS/c1-13-9-14(2)11-15(10-13)17(18-3)12-19-16-7-5-4-6-8-16/h13-18H,4-12H2,1-3H3. The van der Waals surface area contributed by atoms with E-state index in [4.69, 9.17) is 0 Å². The first-order chi connectivity index (χ1) is 9.19. The van der Waals surface area contributed by atoms with E-state index >= 15 is 0 Å². The molecule has 1 N–H and O–H groups in total. The molecule has 0 bridgehead atoms. The summed E-state index contributed by atoms with van der Waals surface area (Å²) in [6, 6.07) is 0.747. The second-order valence-electron chi connectivity index (χ2n) is 7.17. The molecule has 112 valence electrons.